The highest BCUT2D eigenvalue weighted by molar-refractivity contribution is 14.0. The number of hydrogen-bond acceptors (Lipinski definition) is 4. The molecule has 2 heterocycles. The van der Waals surface area contributed by atoms with Gasteiger partial charge in [0.05, 0.1) is 25.9 Å². The molecule has 1 saturated heterocycles. The van der Waals surface area contributed by atoms with Crippen molar-refractivity contribution in [3.63, 3.8) is 0 Å². The number of methoxy groups -OCH3 is 1. The first-order valence-electron chi connectivity index (χ1n) is 10.6. The van der Waals surface area contributed by atoms with Gasteiger partial charge in [0.25, 0.3) is 0 Å². The Morgan fingerprint density at radius 3 is 2.53 bits per heavy atom. The molecular formula is C22H35IN6O. The summed E-state index contributed by atoms with van der Waals surface area (Å²) >= 11 is 0. The van der Waals surface area contributed by atoms with E-state index in [1.54, 1.807) is 7.11 Å². The van der Waals surface area contributed by atoms with Crippen molar-refractivity contribution in [1.82, 2.24) is 25.3 Å². The summed E-state index contributed by atoms with van der Waals surface area (Å²) in [6, 6.07) is 8.70. The lowest BCUT2D eigenvalue weighted by Crippen LogP contribution is -2.39. The molecule has 1 aliphatic heterocycles. The number of aromatic nitrogens is 2. The van der Waals surface area contributed by atoms with E-state index in [0.29, 0.717) is 0 Å². The standard InChI is InChI=1S/C22H34N6O.HI/c1-4-23-22(24-12-11-18-15-26-27(2)17-18)25-16-21(28-13-5-6-14-28)19-7-9-20(29-3)10-8-19;/h7-10,15,17,21H,4-6,11-14,16H2,1-3H3,(H2,23,24,25);1H. The number of rotatable bonds is 9. The lowest BCUT2D eigenvalue weighted by Gasteiger charge is -2.27. The maximum Gasteiger partial charge on any atom is 0.191 e. The van der Waals surface area contributed by atoms with E-state index in [-0.39, 0.29) is 30.0 Å². The zero-order valence-corrected chi connectivity index (χ0v) is 20.6. The Bertz CT molecular complexity index is 770. The quantitative estimate of drug-likeness (QED) is 0.299. The monoisotopic (exact) mass is 526 g/mol. The van der Waals surface area contributed by atoms with E-state index in [4.69, 9.17) is 9.73 Å². The van der Waals surface area contributed by atoms with Gasteiger partial charge in [-0.25, -0.2) is 0 Å². The van der Waals surface area contributed by atoms with Crippen LogP contribution in [0.15, 0.2) is 41.7 Å². The number of halogens is 1. The van der Waals surface area contributed by atoms with Crippen molar-refractivity contribution >= 4 is 29.9 Å². The molecule has 1 aliphatic rings. The van der Waals surface area contributed by atoms with Gasteiger partial charge in [0.2, 0.25) is 0 Å². The van der Waals surface area contributed by atoms with Crippen LogP contribution in [0.2, 0.25) is 0 Å². The number of hydrogen-bond donors (Lipinski definition) is 2. The van der Waals surface area contributed by atoms with Crippen molar-refractivity contribution in [2.75, 3.05) is 39.8 Å². The Balaban J connectivity index is 0.00000320. The number of aryl methyl sites for hydroxylation is 1. The number of aliphatic imine (C=N–C) groups is 1. The van der Waals surface area contributed by atoms with Crippen LogP contribution in [-0.2, 0) is 13.5 Å². The molecule has 0 radical (unpaired) electrons. The molecule has 30 heavy (non-hydrogen) atoms. The average molecular weight is 526 g/mol. The van der Waals surface area contributed by atoms with Crippen molar-refractivity contribution in [2.45, 2.75) is 32.2 Å². The minimum atomic E-state index is 0. The molecule has 166 valence electrons. The molecule has 2 N–H and O–H groups in total. The summed E-state index contributed by atoms with van der Waals surface area (Å²) < 4.78 is 7.16. The summed E-state index contributed by atoms with van der Waals surface area (Å²) in [7, 11) is 3.65. The summed E-state index contributed by atoms with van der Waals surface area (Å²) in [5, 5.41) is 11.1. The van der Waals surface area contributed by atoms with Crippen LogP contribution in [0, 0.1) is 0 Å². The fourth-order valence-electron chi connectivity index (χ4n) is 3.76. The molecule has 8 heteroatoms. The minimum Gasteiger partial charge on any atom is -0.497 e. The van der Waals surface area contributed by atoms with Gasteiger partial charge in [-0.2, -0.15) is 5.10 Å². The third-order valence-electron chi connectivity index (χ3n) is 5.31. The molecule has 0 saturated carbocycles. The SMILES string of the molecule is CCNC(=NCC(c1ccc(OC)cc1)N1CCCC1)NCCc1cnn(C)c1.I. The van der Waals surface area contributed by atoms with Crippen molar-refractivity contribution < 1.29 is 4.74 Å². The normalized spacial score (nSPS) is 15.5. The van der Waals surface area contributed by atoms with E-state index in [1.165, 1.54) is 24.0 Å². The molecule has 3 rings (SSSR count). The molecule has 1 fully saturated rings. The third kappa shape index (κ3) is 7.16. The average Bonchev–Trinajstić information content (AvgIpc) is 3.41. The van der Waals surface area contributed by atoms with E-state index in [0.717, 1.165) is 50.9 Å². The van der Waals surface area contributed by atoms with Gasteiger partial charge in [-0.1, -0.05) is 12.1 Å². The Labute approximate surface area is 197 Å². The number of benzene rings is 1. The number of ether oxygens (including phenoxy) is 1. The molecule has 1 atom stereocenters. The molecular weight excluding hydrogens is 491 g/mol. The smallest absolute Gasteiger partial charge is 0.191 e. The van der Waals surface area contributed by atoms with Crippen LogP contribution in [0.25, 0.3) is 0 Å². The molecule has 1 aromatic carbocycles. The number of nitrogens with one attached hydrogen (secondary N) is 2. The topological polar surface area (TPSA) is 66.7 Å². The zero-order chi connectivity index (χ0) is 20.5. The summed E-state index contributed by atoms with van der Waals surface area (Å²) in [5.74, 6) is 1.76. The molecule has 0 spiro atoms. The van der Waals surface area contributed by atoms with E-state index in [1.807, 2.05) is 30.1 Å². The maximum atomic E-state index is 5.32. The fourth-order valence-corrected chi connectivity index (χ4v) is 3.76. The Morgan fingerprint density at radius 1 is 1.20 bits per heavy atom. The second-order valence-electron chi connectivity index (χ2n) is 7.45. The van der Waals surface area contributed by atoms with Crippen LogP contribution >= 0.6 is 24.0 Å². The molecule has 0 aliphatic carbocycles. The van der Waals surface area contributed by atoms with Gasteiger partial charge in [0.1, 0.15) is 5.75 Å². The third-order valence-corrected chi connectivity index (χ3v) is 5.31. The Kier molecular flexibility index (Phi) is 10.4. The van der Waals surface area contributed by atoms with Gasteiger partial charge in [-0.05, 0) is 62.5 Å². The van der Waals surface area contributed by atoms with E-state index in [2.05, 4.69) is 45.9 Å². The highest BCUT2D eigenvalue weighted by Crippen LogP contribution is 2.27. The van der Waals surface area contributed by atoms with Crippen LogP contribution in [-0.4, -0.2) is 60.5 Å². The van der Waals surface area contributed by atoms with Gasteiger partial charge in [-0.15, -0.1) is 24.0 Å². The maximum absolute atomic E-state index is 5.32. The lowest BCUT2D eigenvalue weighted by atomic mass is 10.1. The predicted molar refractivity (Wildman–Crippen MR) is 133 cm³/mol. The highest BCUT2D eigenvalue weighted by Gasteiger charge is 2.23. The molecule has 1 aromatic heterocycles. The van der Waals surface area contributed by atoms with E-state index < -0.39 is 0 Å². The van der Waals surface area contributed by atoms with Crippen molar-refractivity contribution in [1.29, 1.82) is 0 Å². The summed E-state index contributed by atoms with van der Waals surface area (Å²) in [5.41, 5.74) is 2.52. The van der Waals surface area contributed by atoms with Gasteiger partial charge in [0.15, 0.2) is 5.96 Å². The second-order valence-corrected chi connectivity index (χ2v) is 7.45. The largest absolute Gasteiger partial charge is 0.497 e. The molecule has 0 amide bonds. The van der Waals surface area contributed by atoms with Crippen LogP contribution in [0.3, 0.4) is 0 Å². The highest BCUT2D eigenvalue weighted by atomic mass is 127. The fraction of sp³-hybridized carbons (Fsp3) is 0.545. The van der Waals surface area contributed by atoms with Crippen molar-refractivity contribution in [3.8, 4) is 5.75 Å². The first kappa shape index (κ1) is 24.5. The van der Waals surface area contributed by atoms with E-state index >= 15 is 0 Å². The molecule has 0 bridgehead atoms. The predicted octanol–water partition coefficient (Wildman–Crippen LogP) is 2.98. The summed E-state index contributed by atoms with van der Waals surface area (Å²) in [6.45, 7) is 6.77. The molecule has 7 nitrogen and oxygen atoms in total. The molecule has 2 aromatic rings. The number of nitrogens with zero attached hydrogens (tertiary/aromatic N) is 4. The lowest BCUT2D eigenvalue weighted by molar-refractivity contribution is 0.251. The zero-order valence-electron chi connectivity index (χ0n) is 18.3. The minimum absolute atomic E-state index is 0. The van der Waals surface area contributed by atoms with Crippen LogP contribution in [0.1, 0.15) is 36.9 Å². The second kappa shape index (κ2) is 12.8. The number of guanidine groups is 1. The van der Waals surface area contributed by atoms with Gasteiger partial charge in [0, 0.05) is 26.3 Å². The van der Waals surface area contributed by atoms with Crippen molar-refractivity contribution in [2.24, 2.45) is 12.0 Å². The van der Waals surface area contributed by atoms with Gasteiger partial charge < -0.3 is 15.4 Å². The van der Waals surface area contributed by atoms with Crippen LogP contribution in [0.5, 0.6) is 5.75 Å². The number of likely N-dealkylation sites (tertiary alicyclic amines) is 1. The van der Waals surface area contributed by atoms with E-state index in [9.17, 15) is 0 Å². The van der Waals surface area contributed by atoms with Crippen molar-refractivity contribution in [3.05, 3.63) is 47.8 Å². The summed E-state index contributed by atoms with van der Waals surface area (Å²) in [4.78, 5) is 7.46. The first-order valence-corrected chi connectivity index (χ1v) is 10.6. The van der Waals surface area contributed by atoms with Crippen LogP contribution < -0.4 is 15.4 Å². The summed E-state index contributed by atoms with van der Waals surface area (Å²) in [6.07, 6.45) is 7.42. The molecule has 1 unspecified atom stereocenters. The van der Waals surface area contributed by atoms with Crippen LogP contribution in [0.4, 0.5) is 0 Å². The van der Waals surface area contributed by atoms with Gasteiger partial charge >= 0.3 is 0 Å². The Hall–Kier alpha value is -1.81. The Morgan fingerprint density at radius 2 is 1.93 bits per heavy atom. The van der Waals surface area contributed by atoms with Gasteiger partial charge in [-0.3, -0.25) is 14.6 Å². The first-order chi connectivity index (χ1) is 14.2.